The molecule has 0 saturated carbocycles. The van der Waals surface area contributed by atoms with Crippen LogP contribution >= 0.6 is 0 Å². The maximum absolute atomic E-state index is 13.4. The summed E-state index contributed by atoms with van der Waals surface area (Å²) in [5.41, 5.74) is 3.12. The number of aryl methyl sites for hydroxylation is 1. The Morgan fingerprint density at radius 2 is 1.93 bits per heavy atom. The monoisotopic (exact) mass is 394 g/mol. The minimum absolute atomic E-state index is 0.0230. The Kier molecular flexibility index (Phi) is 5.05. The van der Waals surface area contributed by atoms with Gasteiger partial charge in [0.2, 0.25) is 0 Å². The molecule has 0 aliphatic carbocycles. The largest absolute Gasteiger partial charge is 0.342 e. The predicted octanol–water partition coefficient (Wildman–Crippen LogP) is 3.74. The number of likely N-dealkylation sites (tertiary alicyclic amines) is 1. The molecule has 6 nitrogen and oxygen atoms in total. The molecule has 150 valence electrons. The maximum atomic E-state index is 13.4. The molecular formula is C22H23FN4O2. The number of halogens is 1. The molecular weight excluding hydrogens is 371 g/mol. The second kappa shape index (κ2) is 7.66. The lowest BCUT2D eigenvalue weighted by molar-refractivity contribution is 0.0791. The summed E-state index contributed by atoms with van der Waals surface area (Å²) in [6.07, 6.45) is 2.08. The van der Waals surface area contributed by atoms with E-state index in [4.69, 9.17) is 0 Å². The lowest BCUT2D eigenvalue weighted by Crippen LogP contribution is -2.29. The van der Waals surface area contributed by atoms with Crippen LogP contribution in [0.3, 0.4) is 0 Å². The van der Waals surface area contributed by atoms with E-state index in [-0.39, 0.29) is 23.7 Å². The van der Waals surface area contributed by atoms with Gasteiger partial charge in [0.1, 0.15) is 11.6 Å². The van der Waals surface area contributed by atoms with E-state index in [1.165, 1.54) is 12.1 Å². The molecule has 1 unspecified atom stereocenters. The van der Waals surface area contributed by atoms with Gasteiger partial charge >= 0.3 is 0 Å². The number of imidazole rings is 1. The molecule has 29 heavy (non-hydrogen) atoms. The van der Waals surface area contributed by atoms with E-state index in [2.05, 4.69) is 15.3 Å². The molecule has 1 atom stereocenters. The zero-order valence-corrected chi connectivity index (χ0v) is 16.5. The van der Waals surface area contributed by atoms with Gasteiger partial charge in [0, 0.05) is 24.2 Å². The topological polar surface area (TPSA) is 78.1 Å². The number of H-pyrrole nitrogens is 1. The molecule has 1 aliphatic rings. The van der Waals surface area contributed by atoms with Gasteiger partial charge in [0.15, 0.2) is 0 Å². The van der Waals surface area contributed by atoms with Gasteiger partial charge in [0.25, 0.3) is 11.8 Å². The van der Waals surface area contributed by atoms with Crippen LogP contribution in [0.15, 0.2) is 36.4 Å². The molecule has 0 radical (unpaired) electrons. The Hall–Kier alpha value is -3.22. The number of carbonyl (C=O) groups excluding carboxylic acids is 2. The Bertz CT molecular complexity index is 1090. The SMILES string of the molecule is Cc1cc(C(=O)NC(C)c2nc3ccc(F)cc3[nH]2)ccc1C(=O)N1CCCC1. The summed E-state index contributed by atoms with van der Waals surface area (Å²) in [6, 6.07) is 9.07. The van der Waals surface area contributed by atoms with Crippen molar-refractivity contribution in [2.75, 3.05) is 13.1 Å². The van der Waals surface area contributed by atoms with Crippen molar-refractivity contribution in [3.63, 3.8) is 0 Å². The fraction of sp³-hybridized carbons (Fsp3) is 0.318. The van der Waals surface area contributed by atoms with Gasteiger partial charge < -0.3 is 15.2 Å². The Balaban J connectivity index is 1.48. The summed E-state index contributed by atoms with van der Waals surface area (Å²) in [7, 11) is 0. The van der Waals surface area contributed by atoms with E-state index >= 15 is 0 Å². The van der Waals surface area contributed by atoms with E-state index < -0.39 is 0 Å². The Labute approximate surface area is 168 Å². The van der Waals surface area contributed by atoms with E-state index in [0.29, 0.717) is 28.0 Å². The van der Waals surface area contributed by atoms with Crippen LogP contribution in [0.4, 0.5) is 4.39 Å². The average molecular weight is 394 g/mol. The first-order valence-electron chi connectivity index (χ1n) is 9.78. The zero-order chi connectivity index (χ0) is 20.5. The number of nitrogens with one attached hydrogen (secondary N) is 2. The minimum Gasteiger partial charge on any atom is -0.342 e. The van der Waals surface area contributed by atoms with Gasteiger partial charge in [-0.05, 0) is 68.7 Å². The number of rotatable bonds is 4. The number of amides is 2. The van der Waals surface area contributed by atoms with Gasteiger partial charge in [-0.15, -0.1) is 0 Å². The standard InChI is InChI=1S/C22H23FN4O2/c1-13-11-15(5-7-17(13)22(29)27-9-3-4-10-27)21(28)24-14(2)20-25-18-8-6-16(23)12-19(18)26-20/h5-8,11-12,14H,3-4,9-10H2,1-2H3,(H,24,28)(H,25,26). The summed E-state index contributed by atoms with van der Waals surface area (Å²) >= 11 is 0. The highest BCUT2D eigenvalue weighted by atomic mass is 19.1. The third-order valence-electron chi connectivity index (χ3n) is 5.33. The highest BCUT2D eigenvalue weighted by Crippen LogP contribution is 2.20. The van der Waals surface area contributed by atoms with Crippen molar-refractivity contribution < 1.29 is 14.0 Å². The molecule has 1 aliphatic heterocycles. The van der Waals surface area contributed by atoms with Crippen molar-refractivity contribution >= 4 is 22.8 Å². The van der Waals surface area contributed by atoms with Crippen LogP contribution in [-0.2, 0) is 0 Å². The van der Waals surface area contributed by atoms with Gasteiger partial charge in [0.05, 0.1) is 17.1 Å². The van der Waals surface area contributed by atoms with Crippen LogP contribution in [-0.4, -0.2) is 39.8 Å². The van der Waals surface area contributed by atoms with Crippen LogP contribution in [0.1, 0.15) is 57.9 Å². The number of hydrogen-bond acceptors (Lipinski definition) is 3. The lowest BCUT2D eigenvalue weighted by Gasteiger charge is -2.17. The van der Waals surface area contributed by atoms with Crippen LogP contribution in [0.2, 0.25) is 0 Å². The molecule has 2 amide bonds. The van der Waals surface area contributed by atoms with Gasteiger partial charge in [-0.1, -0.05) is 0 Å². The van der Waals surface area contributed by atoms with Gasteiger partial charge in [-0.3, -0.25) is 9.59 Å². The number of hydrogen-bond donors (Lipinski definition) is 2. The highest BCUT2D eigenvalue weighted by molar-refractivity contribution is 5.99. The van der Waals surface area contributed by atoms with E-state index in [1.807, 2.05) is 18.7 Å². The molecule has 3 aromatic rings. The average Bonchev–Trinajstić information content (AvgIpc) is 3.36. The molecule has 1 aromatic heterocycles. The van der Waals surface area contributed by atoms with Crippen molar-refractivity contribution in [3.8, 4) is 0 Å². The number of nitrogens with zero attached hydrogens (tertiary/aromatic N) is 2. The third kappa shape index (κ3) is 3.85. The van der Waals surface area contributed by atoms with Crippen LogP contribution < -0.4 is 5.32 Å². The highest BCUT2D eigenvalue weighted by Gasteiger charge is 2.22. The normalized spacial score (nSPS) is 14.9. The first-order valence-corrected chi connectivity index (χ1v) is 9.78. The smallest absolute Gasteiger partial charge is 0.254 e. The summed E-state index contributed by atoms with van der Waals surface area (Å²) in [5, 5.41) is 2.90. The molecule has 2 aromatic carbocycles. The summed E-state index contributed by atoms with van der Waals surface area (Å²) in [4.78, 5) is 34.6. The van der Waals surface area contributed by atoms with E-state index in [1.54, 1.807) is 24.3 Å². The fourth-order valence-corrected chi connectivity index (χ4v) is 3.69. The summed E-state index contributed by atoms with van der Waals surface area (Å²) in [5.74, 6) is -0.0258. The van der Waals surface area contributed by atoms with Crippen LogP contribution in [0.5, 0.6) is 0 Å². The first-order chi connectivity index (χ1) is 13.9. The van der Waals surface area contributed by atoms with Gasteiger partial charge in [-0.2, -0.15) is 0 Å². The van der Waals surface area contributed by atoms with E-state index in [9.17, 15) is 14.0 Å². The third-order valence-corrected chi connectivity index (χ3v) is 5.33. The van der Waals surface area contributed by atoms with Crippen molar-refractivity contribution in [1.82, 2.24) is 20.2 Å². The molecule has 1 fully saturated rings. The fourth-order valence-electron chi connectivity index (χ4n) is 3.69. The number of fused-ring (bicyclic) bond motifs is 1. The lowest BCUT2D eigenvalue weighted by atomic mass is 10.0. The molecule has 0 bridgehead atoms. The molecule has 2 heterocycles. The molecule has 1 saturated heterocycles. The summed E-state index contributed by atoms with van der Waals surface area (Å²) in [6.45, 7) is 5.24. The Morgan fingerprint density at radius 3 is 2.66 bits per heavy atom. The number of aromatic nitrogens is 2. The molecule has 0 spiro atoms. The number of benzene rings is 2. The van der Waals surface area contributed by atoms with Crippen LogP contribution in [0.25, 0.3) is 11.0 Å². The van der Waals surface area contributed by atoms with Crippen molar-refractivity contribution in [1.29, 1.82) is 0 Å². The van der Waals surface area contributed by atoms with Crippen molar-refractivity contribution in [2.45, 2.75) is 32.7 Å². The quantitative estimate of drug-likeness (QED) is 0.708. The van der Waals surface area contributed by atoms with Gasteiger partial charge in [-0.25, -0.2) is 9.37 Å². The molecule has 4 rings (SSSR count). The zero-order valence-electron chi connectivity index (χ0n) is 16.5. The summed E-state index contributed by atoms with van der Waals surface area (Å²) < 4.78 is 13.4. The van der Waals surface area contributed by atoms with Crippen LogP contribution in [0, 0.1) is 12.7 Å². The molecule has 2 N–H and O–H groups in total. The maximum Gasteiger partial charge on any atom is 0.254 e. The van der Waals surface area contributed by atoms with Crippen molar-refractivity contribution in [3.05, 3.63) is 64.7 Å². The van der Waals surface area contributed by atoms with Crippen molar-refractivity contribution in [2.24, 2.45) is 0 Å². The number of carbonyl (C=O) groups is 2. The number of aromatic amines is 1. The Morgan fingerprint density at radius 1 is 1.17 bits per heavy atom. The molecule has 7 heteroatoms. The minimum atomic E-state index is -0.385. The predicted molar refractivity (Wildman–Crippen MR) is 108 cm³/mol. The van der Waals surface area contributed by atoms with E-state index in [0.717, 1.165) is 31.5 Å². The second-order valence-corrected chi connectivity index (χ2v) is 7.51. The first kappa shape index (κ1) is 19.1. The second-order valence-electron chi connectivity index (χ2n) is 7.51.